The van der Waals surface area contributed by atoms with E-state index >= 15 is 0 Å². The molecule has 0 spiro atoms. The maximum absolute atomic E-state index is 13.0. The molecule has 2 aliphatic rings. The highest BCUT2D eigenvalue weighted by atomic mass is 35.5. The van der Waals surface area contributed by atoms with E-state index in [2.05, 4.69) is 40.8 Å². The van der Waals surface area contributed by atoms with E-state index in [4.69, 9.17) is 4.74 Å². The minimum absolute atomic E-state index is 0. The molecular formula is C28H40BClN4O4. The fourth-order valence-electron chi connectivity index (χ4n) is 5.01. The largest absolute Gasteiger partial charge is 0.492 e. The molecule has 0 aliphatic carbocycles. The number of benzene rings is 2. The normalized spacial score (nSPS) is 20.2. The smallest absolute Gasteiger partial charge is 0.475 e. The summed E-state index contributed by atoms with van der Waals surface area (Å²) in [5.74, 6) is -0.357. The molecule has 2 aromatic rings. The van der Waals surface area contributed by atoms with E-state index < -0.39 is 18.6 Å². The average Bonchev–Trinajstić information content (AvgIpc) is 3.51. The van der Waals surface area contributed by atoms with Gasteiger partial charge in [0.05, 0.1) is 17.2 Å². The number of carbonyl (C=O) groups excluding carboxylic acids is 1. The van der Waals surface area contributed by atoms with E-state index in [0.29, 0.717) is 6.61 Å². The Bertz CT molecular complexity index is 1070. The molecule has 1 saturated heterocycles. The average molecular weight is 543 g/mol. The Balaban J connectivity index is 0.00000400. The van der Waals surface area contributed by atoms with Gasteiger partial charge in [-0.2, -0.15) is 0 Å². The molecule has 2 unspecified atom stereocenters. The van der Waals surface area contributed by atoms with Crippen LogP contribution in [0.1, 0.15) is 44.7 Å². The Hall–Kier alpha value is -2.56. The highest BCUT2D eigenvalue weighted by Crippen LogP contribution is 2.36. The summed E-state index contributed by atoms with van der Waals surface area (Å²) in [5, 5.41) is 24.0. The first-order valence-electron chi connectivity index (χ1n) is 13.2. The van der Waals surface area contributed by atoms with Crippen LogP contribution in [0.15, 0.2) is 60.7 Å². The number of hydrogen-bond donors (Lipinski definition) is 4. The predicted molar refractivity (Wildman–Crippen MR) is 153 cm³/mol. The van der Waals surface area contributed by atoms with Gasteiger partial charge in [-0.15, -0.1) is 12.4 Å². The van der Waals surface area contributed by atoms with E-state index in [-0.39, 0.29) is 30.8 Å². The molecule has 2 heterocycles. The number of nitrogens with zero attached hydrogens (tertiary/aromatic N) is 2. The van der Waals surface area contributed by atoms with Crippen LogP contribution in [-0.2, 0) is 10.3 Å². The van der Waals surface area contributed by atoms with Crippen LogP contribution >= 0.6 is 12.4 Å². The Morgan fingerprint density at radius 1 is 1.13 bits per heavy atom. The Morgan fingerprint density at radius 2 is 1.84 bits per heavy atom. The summed E-state index contributed by atoms with van der Waals surface area (Å²) in [5.41, 5.74) is 5.82. The van der Waals surface area contributed by atoms with Crippen molar-refractivity contribution in [2.45, 2.75) is 45.1 Å². The number of nitrogens with one attached hydrogen (secondary N) is 2. The maximum atomic E-state index is 13.0. The molecule has 10 heteroatoms. The van der Waals surface area contributed by atoms with Crippen LogP contribution in [0.4, 0.5) is 0 Å². The second-order valence-electron chi connectivity index (χ2n) is 10.5. The van der Waals surface area contributed by atoms with Crippen LogP contribution in [0.25, 0.3) is 5.70 Å². The Labute approximate surface area is 232 Å². The molecule has 4 rings (SSSR count). The second kappa shape index (κ2) is 13.5. The summed E-state index contributed by atoms with van der Waals surface area (Å²) in [4.78, 5) is 15.4. The van der Waals surface area contributed by atoms with Gasteiger partial charge in [-0.3, -0.25) is 14.7 Å². The number of amides is 1. The Kier molecular flexibility index (Phi) is 10.6. The van der Waals surface area contributed by atoms with Crippen molar-refractivity contribution in [1.82, 2.24) is 20.7 Å². The summed E-state index contributed by atoms with van der Waals surface area (Å²) in [6.07, 6.45) is 4.66. The fourth-order valence-corrected chi connectivity index (χ4v) is 5.01. The first-order valence-corrected chi connectivity index (χ1v) is 13.2. The zero-order valence-electron chi connectivity index (χ0n) is 22.5. The van der Waals surface area contributed by atoms with Crippen molar-refractivity contribution in [2.24, 2.45) is 5.92 Å². The third-order valence-electron chi connectivity index (χ3n) is 7.13. The van der Waals surface area contributed by atoms with Gasteiger partial charge < -0.3 is 20.1 Å². The minimum atomic E-state index is -1.63. The number of carbonyl (C=O) groups is 1. The molecular weight excluding hydrogens is 503 g/mol. The van der Waals surface area contributed by atoms with Gasteiger partial charge in [0.25, 0.3) is 0 Å². The lowest BCUT2D eigenvalue weighted by Crippen LogP contribution is -2.53. The summed E-state index contributed by atoms with van der Waals surface area (Å²) in [6, 6.07) is 18.0. The number of ether oxygens (including phenoxy) is 1. The van der Waals surface area contributed by atoms with Crippen molar-refractivity contribution in [1.29, 1.82) is 0 Å². The lowest BCUT2D eigenvalue weighted by Gasteiger charge is -2.30. The molecule has 2 aromatic carbocycles. The molecule has 2 aliphatic heterocycles. The minimum Gasteiger partial charge on any atom is -0.492 e. The van der Waals surface area contributed by atoms with E-state index in [9.17, 15) is 14.8 Å². The van der Waals surface area contributed by atoms with Crippen molar-refractivity contribution < 1.29 is 19.6 Å². The predicted octanol–water partition coefficient (Wildman–Crippen LogP) is 2.81. The van der Waals surface area contributed by atoms with Crippen molar-refractivity contribution in [2.75, 3.05) is 32.8 Å². The topological polar surface area (TPSA) is 97.3 Å². The molecule has 0 saturated carbocycles. The molecule has 1 fully saturated rings. The zero-order chi connectivity index (χ0) is 26.4. The van der Waals surface area contributed by atoms with Crippen LogP contribution < -0.4 is 15.5 Å². The monoisotopic (exact) mass is 542 g/mol. The summed E-state index contributed by atoms with van der Waals surface area (Å²) >= 11 is 0. The molecule has 0 aromatic heterocycles. The van der Waals surface area contributed by atoms with Crippen molar-refractivity contribution >= 4 is 31.1 Å². The Morgan fingerprint density at radius 3 is 2.50 bits per heavy atom. The number of halogens is 1. The molecule has 0 bridgehead atoms. The first kappa shape index (κ1) is 30.0. The van der Waals surface area contributed by atoms with E-state index in [0.717, 1.165) is 42.2 Å². The number of rotatable bonds is 11. The third-order valence-corrected chi connectivity index (χ3v) is 7.13. The van der Waals surface area contributed by atoms with Gasteiger partial charge in [0.1, 0.15) is 18.9 Å². The zero-order valence-corrected chi connectivity index (χ0v) is 23.3. The molecule has 2 atom stereocenters. The molecule has 4 N–H and O–H groups in total. The fraction of sp³-hybridized carbons (Fsp3) is 0.464. The lowest BCUT2D eigenvalue weighted by molar-refractivity contribution is -0.122. The van der Waals surface area contributed by atoms with Crippen LogP contribution in [-0.4, -0.2) is 71.7 Å². The van der Waals surface area contributed by atoms with E-state index in [1.807, 2.05) is 61.3 Å². The maximum Gasteiger partial charge on any atom is 0.475 e. The van der Waals surface area contributed by atoms with Crippen LogP contribution in [0.5, 0.6) is 5.75 Å². The highest BCUT2D eigenvalue weighted by molar-refractivity contribution is 6.43. The number of hydrogen-bond acceptors (Lipinski definition) is 7. The van der Waals surface area contributed by atoms with Gasteiger partial charge in [0.2, 0.25) is 5.91 Å². The first-order chi connectivity index (χ1) is 17.7. The SMILES string of the molecule is CC(C)C(NC(=O)CN1NC(C)(c2cccc(OCCN3CCCC3)c2)C=C1c1ccccc1)B(O)O.Cl. The van der Waals surface area contributed by atoms with Crippen molar-refractivity contribution in [3.63, 3.8) is 0 Å². The van der Waals surface area contributed by atoms with Gasteiger partial charge in [-0.25, -0.2) is 5.43 Å². The van der Waals surface area contributed by atoms with Gasteiger partial charge in [0, 0.05) is 6.54 Å². The van der Waals surface area contributed by atoms with Crippen molar-refractivity contribution in [3.8, 4) is 5.75 Å². The van der Waals surface area contributed by atoms with Crippen LogP contribution in [0, 0.1) is 5.92 Å². The van der Waals surface area contributed by atoms with E-state index in [1.165, 1.54) is 12.8 Å². The standard InChI is InChI=1S/C28H39BN4O4.ClH/c1-21(2)27(29(35)36)30-26(34)20-33-25(22-10-5-4-6-11-22)19-28(3,31-33)23-12-9-13-24(18-23)37-17-16-32-14-7-8-15-32;/h4-6,9-13,18-19,21,27,31,35-36H,7-8,14-17,20H2,1-3H3,(H,30,34);1H. The summed E-state index contributed by atoms with van der Waals surface area (Å²) in [7, 11) is -1.63. The molecule has 206 valence electrons. The molecule has 1 amide bonds. The summed E-state index contributed by atoms with van der Waals surface area (Å²) in [6.45, 7) is 9.65. The number of likely N-dealkylation sites (tertiary alicyclic amines) is 1. The molecule has 38 heavy (non-hydrogen) atoms. The lowest BCUT2D eigenvalue weighted by atomic mass is 9.73. The molecule has 0 radical (unpaired) electrons. The van der Waals surface area contributed by atoms with Gasteiger partial charge in [-0.05, 0) is 68.1 Å². The van der Waals surface area contributed by atoms with Gasteiger partial charge in [-0.1, -0.05) is 56.3 Å². The van der Waals surface area contributed by atoms with E-state index in [1.54, 1.807) is 0 Å². The molecule has 8 nitrogen and oxygen atoms in total. The van der Waals surface area contributed by atoms with Gasteiger partial charge >= 0.3 is 7.12 Å². The van der Waals surface area contributed by atoms with Gasteiger partial charge in [0.15, 0.2) is 0 Å². The summed E-state index contributed by atoms with van der Waals surface area (Å²) < 4.78 is 6.09. The van der Waals surface area contributed by atoms with Crippen LogP contribution in [0.2, 0.25) is 0 Å². The van der Waals surface area contributed by atoms with Crippen LogP contribution in [0.3, 0.4) is 0 Å². The number of hydrazine groups is 1. The second-order valence-corrected chi connectivity index (χ2v) is 10.5. The third kappa shape index (κ3) is 7.52. The van der Waals surface area contributed by atoms with Crippen molar-refractivity contribution in [3.05, 3.63) is 71.8 Å². The quantitative estimate of drug-likeness (QED) is 0.324. The highest BCUT2D eigenvalue weighted by Gasteiger charge is 2.37.